The first kappa shape index (κ1) is 15.5. The Morgan fingerprint density at radius 3 is 2.29 bits per heavy atom. The van der Waals surface area contributed by atoms with Crippen LogP contribution in [-0.2, 0) is 12.5 Å². The molecule has 0 aromatic heterocycles. The summed E-state index contributed by atoms with van der Waals surface area (Å²) in [7, 11) is 3.24. The summed E-state index contributed by atoms with van der Waals surface area (Å²) in [4.78, 5) is 0. The van der Waals surface area contributed by atoms with Gasteiger partial charge in [-0.1, -0.05) is 23.8 Å². The maximum atomic E-state index is 5.96. The topological polar surface area (TPSA) is 27.7 Å². The monoisotopic (exact) mass is 306 g/mol. The fourth-order valence-corrected chi connectivity index (χ4v) is 2.29. The van der Waals surface area contributed by atoms with Crippen LogP contribution in [0.1, 0.15) is 16.7 Å². The number of rotatable bonds is 6. The van der Waals surface area contributed by atoms with Crippen molar-refractivity contribution in [1.29, 1.82) is 0 Å². The van der Waals surface area contributed by atoms with E-state index in [-0.39, 0.29) is 0 Å². The van der Waals surface area contributed by atoms with Gasteiger partial charge >= 0.3 is 0 Å². The fraction of sp³-hybridized carbons (Fsp3) is 0.294. The Labute approximate surface area is 130 Å². The summed E-state index contributed by atoms with van der Waals surface area (Å²) in [6.07, 6.45) is 0. The van der Waals surface area contributed by atoms with Crippen LogP contribution in [0.4, 0.5) is 0 Å². The molecule has 0 unspecified atom stereocenters. The van der Waals surface area contributed by atoms with E-state index in [1.54, 1.807) is 14.2 Å². The van der Waals surface area contributed by atoms with Crippen LogP contribution in [0.2, 0.25) is 0 Å². The van der Waals surface area contributed by atoms with Crippen LogP contribution in [-0.4, -0.2) is 14.2 Å². The van der Waals surface area contributed by atoms with Gasteiger partial charge < -0.3 is 14.2 Å². The molecule has 0 aliphatic rings. The third-order valence-electron chi connectivity index (χ3n) is 3.20. The third kappa shape index (κ3) is 3.82. The fourth-order valence-electron chi connectivity index (χ4n) is 2.08. The Balaban J connectivity index is 2.13. The first-order chi connectivity index (χ1) is 10.2. The summed E-state index contributed by atoms with van der Waals surface area (Å²) in [5, 5.41) is 0. The molecule has 3 nitrogen and oxygen atoms in total. The molecule has 0 aliphatic carbocycles. The van der Waals surface area contributed by atoms with Crippen molar-refractivity contribution in [2.45, 2.75) is 19.4 Å². The molecule has 0 radical (unpaired) electrons. The van der Waals surface area contributed by atoms with E-state index in [4.69, 9.17) is 25.8 Å². The van der Waals surface area contributed by atoms with Crippen LogP contribution in [0.5, 0.6) is 17.2 Å². The Morgan fingerprint density at radius 1 is 0.905 bits per heavy atom. The maximum Gasteiger partial charge on any atom is 0.161 e. The van der Waals surface area contributed by atoms with Gasteiger partial charge in [-0.05, 0) is 30.7 Å². The van der Waals surface area contributed by atoms with Gasteiger partial charge in [0.2, 0.25) is 0 Å². The molecule has 0 N–H and O–H groups in total. The van der Waals surface area contributed by atoms with E-state index in [1.807, 2.05) is 43.3 Å². The van der Waals surface area contributed by atoms with Gasteiger partial charge in [0.15, 0.2) is 11.5 Å². The SMILES string of the molecule is COc1ccc(COc2ccc(C)cc2CCl)cc1OC. The van der Waals surface area contributed by atoms with Crippen molar-refractivity contribution >= 4 is 11.6 Å². The summed E-state index contributed by atoms with van der Waals surface area (Å²) in [5.74, 6) is 2.65. The summed E-state index contributed by atoms with van der Waals surface area (Å²) in [6.45, 7) is 2.49. The summed E-state index contributed by atoms with van der Waals surface area (Å²) in [6, 6.07) is 11.7. The highest BCUT2D eigenvalue weighted by molar-refractivity contribution is 6.17. The Morgan fingerprint density at radius 2 is 1.62 bits per heavy atom. The van der Waals surface area contributed by atoms with Crippen LogP contribution in [0.25, 0.3) is 0 Å². The minimum atomic E-state index is 0.433. The number of methoxy groups -OCH3 is 2. The van der Waals surface area contributed by atoms with Crippen molar-refractivity contribution in [3.8, 4) is 17.2 Å². The van der Waals surface area contributed by atoms with Crippen LogP contribution in [0.3, 0.4) is 0 Å². The van der Waals surface area contributed by atoms with E-state index in [0.29, 0.717) is 24.0 Å². The maximum absolute atomic E-state index is 5.96. The molecule has 0 bridgehead atoms. The molecule has 2 aromatic carbocycles. The lowest BCUT2D eigenvalue weighted by atomic mass is 10.1. The molecule has 21 heavy (non-hydrogen) atoms. The molecule has 2 aromatic rings. The van der Waals surface area contributed by atoms with Crippen LogP contribution < -0.4 is 14.2 Å². The van der Waals surface area contributed by atoms with Gasteiger partial charge in [-0.15, -0.1) is 11.6 Å². The van der Waals surface area contributed by atoms with Crippen LogP contribution >= 0.6 is 11.6 Å². The van der Waals surface area contributed by atoms with Gasteiger partial charge in [-0.3, -0.25) is 0 Å². The first-order valence-electron chi connectivity index (χ1n) is 6.67. The molecule has 0 saturated heterocycles. The number of ether oxygens (including phenoxy) is 3. The minimum absolute atomic E-state index is 0.433. The number of benzene rings is 2. The molecule has 0 aliphatic heterocycles. The molecular formula is C17H19ClO3. The standard InChI is InChI=1S/C17H19ClO3/c1-12-4-6-15(14(8-12)10-18)21-11-13-5-7-16(19-2)17(9-13)20-3/h4-9H,10-11H2,1-3H3. The minimum Gasteiger partial charge on any atom is -0.493 e. The second-order valence-electron chi connectivity index (χ2n) is 4.72. The van der Waals surface area contributed by atoms with Gasteiger partial charge in [0, 0.05) is 5.56 Å². The highest BCUT2D eigenvalue weighted by Gasteiger charge is 2.07. The van der Waals surface area contributed by atoms with Gasteiger partial charge in [0.25, 0.3) is 0 Å². The van der Waals surface area contributed by atoms with E-state index >= 15 is 0 Å². The van der Waals surface area contributed by atoms with Crippen LogP contribution in [0.15, 0.2) is 36.4 Å². The van der Waals surface area contributed by atoms with E-state index in [1.165, 1.54) is 5.56 Å². The lowest BCUT2D eigenvalue weighted by Gasteiger charge is -2.13. The van der Waals surface area contributed by atoms with Gasteiger partial charge in [0.05, 0.1) is 20.1 Å². The second kappa shape index (κ2) is 7.23. The number of aryl methyl sites for hydroxylation is 1. The molecule has 0 fully saturated rings. The summed E-state index contributed by atoms with van der Waals surface area (Å²) in [5.41, 5.74) is 3.18. The molecule has 0 amide bonds. The molecule has 112 valence electrons. The Hall–Kier alpha value is -1.87. The quantitative estimate of drug-likeness (QED) is 0.743. The molecule has 2 rings (SSSR count). The van der Waals surface area contributed by atoms with Crippen molar-refractivity contribution in [3.63, 3.8) is 0 Å². The van der Waals surface area contributed by atoms with E-state index in [9.17, 15) is 0 Å². The first-order valence-corrected chi connectivity index (χ1v) is 7.20. The average molecular weight is 307 g/mol. The lowest BCUT2D eigenvalue weighted by molar-refractivity contribution is 0.301. The van der Waals surface area contributed by atoms with E-state index in [2.05, 4.69) is 0 Å². The van der Waals surface area contributed by atoms with E-state index in [0.717, 1.165) is 16.9 Å². The van der Waals surface area contributed by atoms with Gasteiger partial charge in [-0.2, -0.15) is 0 Å². The number of hydrogen-bond acceptors (Lipinski definition) is 3. The van der Waals surface area contributed by atoms with Crippen LogP contribution in [0, 0.1) is 6.92 Å². The zero-order valence-corrected chi connectivity index (χ0v) is 13.2. The predicted octanol–water partition coefficient (Wildman–Crippen LogP) is 4.33. The molecular weight excluding hydrogens is 288 g/mol. The van der Waals surface area contributed by atoms with Crippen molar-refractivity contribution in [2.24, 2.45) is 0 Å². The second-order valence-corrected chi connectivity index (χ2v) is 4.99. The predicted molar refractivity (Wildman–Crippen MR) is 84.6 cm³/mol. The molecule has 0 heterocycles. The highest BCUT2D eigenvalue weighted by Crippen LogP contribution is 2.29. The van der Waals surface area contributed by atoms with E-state index < -0.39 is 0 Å². The summed E-state index contributed by atoms with van der Waals surface area (Å²) >= 11 is 5.96. The zero-order chi connectivity index (χ0) is 15.2. The average Bonchev–Trinajstić information content (AvgIpc) is 2.53. The molecule has 0 saturated carbocycles. The van der Waals surface area contributed by atoms with Crippen molar-refractivity contribution in [1.82, 2.24) is 0 Å². The highest BCUT2D eigenvalue weighted by atomic mass is 35.5. The van der Waals surface area contributed by atoms with Gasteiger partial charge in [0.1, 0.15) is 12.4 Å². The van der Waals surface area contributed by atoms with Crippen molar-refractivity contribution in [3.05, 3.63) is 53.1 Å². The van der Waals surface area contributed by atoms with Gasteiger partial charge in [-0.25, -0.2) is 0 Å². The normalized spacial score (nSPS) is 10.3. The summed E-state index contributed by atoms with van der Waals surface area (Å²) < 4.78 is 16.4. The largest absolute Gasteiger partial charge is 0.493 e. The third-order valence-corrected chi connectivity index (χ3v) is 3.49. The number of hydrogen-bond donors (Lipinski definition) is 0. The van der Waals surface area contributed by atoms with Crippen molar-refractivity contribution < 1.29 is 14.2 Å². The number of alkyl halides is 1. The Kier molecular flexibility index (Phi) is 5.34. The molecule has 4 heteroatoms. The zero-order valence-electron chi connectivity index (χ0n) is 12.5. The van der Waals surface area contributed by atoms with Crippen molar-refractivity contribution in [2.75, 3.05) is 14.2 Å². The lowest BCUT2D eigenvalue weighted by Crippen LogP contribution is -1.99. The molecule has 0 spiro atoms. The molecule has 0 atom stereocenters. The smallest absolute Gasteiger partial charge is 0.161 e. The Bertz CT molecular complexity index is 611. The number of halogens is 1.